The minimum absolute atomic E-state index is 0.0861. The van der Waals surface area contributed by atoms with Gasteiger partial charge in [0.05, 0.1) is 36.3 Å². The van der Waals surface area contributed by atoms with Gasteiger partial charge in [-0.2, -0.15) is 4.31 Å². The molecule has 206 valence electrons. The van der Waals surface area contributed by atoms with Gasteiger partial charge in [-0.25, -0.2) is 8.42 Å². The topological polar surface area (TPSA) is 114 Å². The highest BCUT2D eigenvalue weighted by atomic mass is 32.2. The zero-order chi connectivity index (χ0) is 27.8. The van der Waals surface area contributed by atoms with E-state index in [1.165, 1.54) is 4.31 Å². The van der Waals surface area contributed by atoms with E-state index in [-0.39, 0.29) is 23.3 Å². The molecule has 2 N–H and O–H groups in total. The summed E-state index contributed by atoms with van der Waals surface area (Å²) >= 11 is 0. The number of carbonyl (C=O) groups is 2. The molecule has 0 aromatic heterocycles. The maximum Gasteiger partial charge on any atom is 0.253 e. The summed E-state index contributed by atoms with van der Waals surface area (Å²) in [7, 11) is -0.545. The zero-order valence-corrected chi connectivity index (χ0v) is 22.9. The van der Waals surface area contributed by atoms with Crippen LogP contribution in [0.4, 0.5) is 5.69 Å². The van der Waals surface area contributed by atoms with E-state index in [0.29, 0.717) is 55.1 Å². The van der Waals surface area contributed by atoms with Gasteiger partial charge in [0.25, 0.3) is 5.91 Å². The molecule has 1 aliphatic rings. The number of nitrogens with one attached hydrogen (secondary N) is 2. The van der Waals surface area contributed by atoms with Crippen molar-refractivity contribution in [1.82, 2.24) is 9.62 Å². The number of hydrogen-bond acceptors (Lipinski definition) is 6. The number of para-hydroxylation sites is 1. The number of methoxy groups -OCH3 is 2. The van der Waals surface area contributed by atoms with Crippen LogP contribution in [0.2, 0.25) is 0 Å². The Morgan fingerprint density at radius 2 is 1.67 bits per heavy atom. The fraction of sp³-hybridized carbons (Fsp3) is 0.310. The van der Waals surface area contributed by atoms with E-state index in [4.69, 9.17) is 9.47 Å². The van der Waals surface area contributed by atoms with Crippen molar-refractivity contribution in [3.05, 3.63) is 83.9 Å². The van der Waals surface area contributed by atoms with Crippen LogP contribution in [-0.4, -0.2) is 58.4 Å². The summed E-state index contributed by atoms with van der Waals surface area (Å²) in [6, 6.07) is 20.6. The number of rotatable bonds is 10. The number of ether oxygens (including phenoxy) is 2. The molecule has 1 fully saturated rings. The Labute approximate surface area is 229 Å². The molecule has 3 aromatic carbocycles. The standard InChI is InChI=1S/C29H33N3O6S/c1-37-26-15-14-21(19-27(26)38-2)16-17-30-29(34)24-12-6-7-13-25(24)31-28(33)22-9-8-18-32(20-22)39(35,36)23-10-4-3-5-11-23/h3-7,10-15,19,22H,8-9,16-18,20H2,1-2H3,(H,30,34)(H,31,33)/t22-/m1/s1. The summed E-state index contributed by atoms with van der Waals surface area (Å²) in [6.45, 7) is 0.828. The first-order chi connectivity index (χ1) is 18.8. The van der Waals surface area contributed by atoms with Crippen LogP contribution >= 0.6 is 0 Å². The van der Waals surface area contributed by atoms with Gasteiger partial charge in [0.15, 0.2) is 11.5 Å². The van der Waals surface area contributed by atoms with Gasteiger partial charge in [-0.3, -0.25) is 9.59 Å². The highest BCUT2D eigenvalue weighted by Gasteiger charge is 2.33. The van der Waals surface area contributed by atoms with Crippen LogP contribution in [0.15, 0.2) is 77.7 Å². The van der Waals surface area contributed by atoms with Gasteiger partial charge < -0.3 is 20.1 Å². The highest BCUT2D eigenvalue weighted by molar-refractivity contribution is 7.89. The molecule has 0 radical (unpaired) electrons. The molecular weight excluding hydrogens is 518 g/mol. The Bertz CT molecular complexity index is 1410. The third-order valence-corrected chi connectivity index (χ3v) is 8.59. The van der Waals surface area contributed by atoms with E-state index in [0.717, 1.165) is 5.56 Å². The van der Waals surface area contributed by atoms with Gasteiger partial charge in [0, 0.05) is 19.6 Å². The minimum atomic E-state index is -3.69. The summed E-state index contributed by atoms with van der Waals surface area (Å²) in [5, 5.41) is 5.76. The number of sulfonamides is 1. The van der Waals surface area contributed by atoms with Crippen LogP contribution in [0.3, 0.4) is 0 Å². The lowest BCUT2D eigenvalue weighted by molar-refractivity contribution is -0.120. The molecule has 39 heavy (non-hydrogen) atoms. The van der Waals surface area contributed by atoms with Gasteiger partial charge in [0.2, 0.25) is 15.9 Å². The van der Waals surface area contributed by atoms with Crippen molar-refractivity contribution in [2.45, 2.75) is 24.2 Å². The molecule has 3 aromatic rings. The summed E-state index contributed by atoms with van der Waals surface area (Å²) in [5.41, 5.74) is 1.69. The van der Waals surface area contributed by atoms with Crippen molar-refractivity contribution in [3.8, 4) is 11.5 Å². The fourth-order valence-electron chi connectivity index (χ4n) is 4.59. The first kappa shape index (κ1) is 28.1. The predicted octanol–water partition coefficient (Wildman–Crippen LogP) is 3.72. The SMILES string of the molecule is COc1ccc(CCNC(=O)c2ccccc2NC(=O)[C@@H]2CCCN(S(=O)(=O)c3ccccc3)C2)cc1OC. The van der Waals surface area contributed by atoms with E-state index < -0.39 is 15.9 Å². The van der Waals surface area contributed by atoms with Crippen molar-refractivity contribution in [1.29, 1.82) is 0 Å². The van der Waals surface area contributed by atoms with Gasteiger partial charge in [-0.15, -0.1) is 0 Å². The second-order valence-electron chi connectivity index (χ2n) is 9.25. The molecule has 0 saturated carbocycles. The lowest BCUT2D eigenvalue weighted by Gasteiger charge is -2.31. The second-order valence-corrected chi connectivity index (χ2v) is 11.2. The van der Waals surface area contributed by atoms with Crippen molar-refractivity contribution < 1.29 is 27.5 Å². The second kappa shape index (κ2) is 12.8. The predicted molar refractivity (Wildman–Crippen MR) is 149 cm³/mol. The molecule has 1 saturated heterocycles. The quantitative estimate of drug-likeness (QED) is 0.397. The Kier molecular flexibility index (Phi) is 9.21. The van der Waals surface area contributed by atoms with E-state index in [1.54, 1.807) is 68.8 Å². The first-order valence-corrected chi connectivity index (χ1v) is 14.2. The van der Waals surface area contributed by atoms with Gasteiger partial charge in [-0.1, -0.05) is 36.4 Å². The van der Waals surface area contributed by atoms with E-state index in [1.807, 2.05) is 18.2 Å². The number of nitrogens with zero attached hydrogens (tertiary/aromatic N) is 1. The van der Waals surface area contributed by atoms with Crippen LogP contribution in [0.25, 0.3) is 0 Å². The third-order valence-electron chi connectivity index (χ3n) is 6.71. The average Bonchev–Trinajstić information content (AvgIpc) is 2.97. The van der Waals surface area contributed by atoms with Crippen molar-refractivity contribution in [2.75, 3.05) is 39.2 Å². The Morgan fingerprint density at radius 1 is 0.949 bits per heavy atom. The van der Waals surface area contributed by atoms with Crippen LogP contribution in [-0.2, 0) is 21.2 Å². The number of anilines is 1. The normalized spacial score (nSPS) is 15.8. The molecule has 0 aliphatic carbocycles. The minimum Gasteiger partial charge on any atom is -0.493 e. The van der Waals surface area contributed by atoms with Crippen molar-refractivity contribution in [3.63, 3.8) is 0 Å². The maximum atomic E-state index is 13.2. The molecule has 4 rings (SSSR count). The molecule has 2 amide bonds. The van der Waals surface area contributed by atoms with Crippen LogP contribution in [0.1, 0.15) is 28.8 Å². The zero-order valence-electron chi connectivity index (χ0n) is 22.1. The number of amides is 2. The third kappa shape index (κ3) is 6.76. The Morgan fingerprint density at radius 3 is 2.41 bits per heavy atom. The Hall–Kier alpha value is -3.89. The van der Waals surface area contributed by atoms with Crippen molar-refractivity contribution in [2.24, 2.45) is 5.92 Å². The molecule has 10 heteroatoms. The van der Waals surface area contributed by atoms with Gasteiger partial charge >= 0.3 is 0 Å². The lowest BCUT2D eigenvalue weighted by Crippen LogP contribution is -2.43. The number of carbonyl (C=O) groups excluding carboxylic acids is 2. The van der Waals surface area contributed by atoms with E-state index in [9.17, 15) is 18.0 Å². The van der Waals surface area contributed by atoms with Crippen molar-refractivity contribution >= 4 is 27.5 Å². The highest BCUT2D eigenvalue weighted by Crippen LogP contribution is 2.28. The molecule has 0 bridgehead atoms. The molecule has 0 unspecified atom stereocenters. The van der Waals surface area contributed by atoms with Gasteiger partial charge in [-0.05, 0) is 61.2 Å². The number of benzene rings is 3. The van der Waals surface area contributed by atoms with Crippen LogP contribution < -0.4 is 20.1 Å². The molecule has 1 aliphatic heterocycles. The monoisotopic (exact) mass is 551 g/mol. The molecular formula is C29H33N3O6S. The van der Waals surface area contributed by atoms with Crippen LogP contribution in [0, 0.1) is 5.92 Å². The number of piperidine rings is 1. The fourth-order valence-corrected chi connectivity index (χ4v) is 6.14. The summed E-state index contributed by atoms with van der Waals surface area (Å²) in [4.78, 5) is 26.4. The summed E-state index contributed by atoms with van der Waals surface area (Å²) in [5.74, 6) is 0.0937. The summed E-state index contributed by atoms with van der Waals surface area (Å²) in [6.07, 6.45) is 1.71. The summed E-state index contributed by atoms with van der Waals surface area (Å²) < 4.78 is 38.1. The maximum absolute atomic E-state index is 13.2. The van der Waals surface area contributed by atoms with Crippen LogP contribution in [0.5, 0.6) is 11.5 Å². The molecule has 9 nitrogen and oxygen atoms in total. The van der Waals surface area contributed by atoms with E-state index in [2.05, 4.69) is 10.6 Å². The lowest BCUT2D eigenvalue weighted by atomic mass is 9.98. The average molecular weight is 552 g/mol. The molecule has 1 atom stereocenters. The molecule has 0 spiro atoms. The Balaban J connectivity index is 1.38. The van der Waals surface area contributed by atoms with Gasteiger partial charge in [0.1, 0.15) is 0 Å². The number of hydrogen-bond donors (Lipinski definition) is 2. The smallest absolute Gasteiger partial charge is 0.253 e. The van der Waals surface area contributed by atoms with E-state index >= 15 is 0 Å². The first-order valence-electron chi connectivity index (χ1n) is 12.8. The largest absolute Gasteiger partial charge is 0.493 e. The molecule has 1 heterocycles.